The van der Waals surface area contributed by atoms with E-state index in [0.717, 1.165) is 0 Å². The van der Waals surface area contributed by atoms with Crippen molar-refractivity contribution < 1.29 is 0 Å². The molecule has 0 aromatic heterocycles. The van der Waals surface area contributed by atoms with E-state index < -0.39 is 0 Å². The lowest BCUT2D eigenvalue weighted by Gasteiger charge is -2.21. The van der Waals surface area contributed by atoms with Crippen molar-refractivity contribution in [2.45, 2.75) is 0 Å². The Kier molecular flexibility index (Phi) is 9.22. The molecule has 0 aliphatic carbocycles. The van der Waals surface area contributed by atoms with Crippen molar-refractivity contribution in [2.24, 2.45) is 0 Å². The van der Waals surface area contributed by atoms with Gasteiger partial charge in [-0.2, -0.15) is 0 Å². The summed E-state index contributed by atoms with van der Waals surface area (Å²) in [4.78, 5) is 0. The van der Waals surface area contributed by atoms with Gasteiger partial charge < -0.3 is 0 Å². The molecule has 0 atom stereocenters. The fourth-order valence-electron chi connectivity index (χ4n) is 13.9. The van der Waals surface area contributed by atoms with Gasteiger partial charge in [0.1, 0.15) is 0 Å². The predicted molar refractivity (Wildman–Crippen MR) is 338 cm³/mol. The summed E-state index contributed by atoms with van der Waals surface area (Å²) >= 11 is 0. The Morgan fingerprint density at radius 2 is 0.423 bits per heavy atom. The van der Waals surface area contributed by atoms with Gasteiger partial charge in [-0.05, 0) is 210 Å². The molecule has 0 N–H and O–H groups in total. The second-order valence-electron chi connectivity index (χ2n) is 21.4. The first kappa shape index (κ1) is 43.1. The Morgan fingerprint density at radius 3 is 0.808 bits per heavy atom. The highest BCUT2D eigenvalue weighted by Crippen LogP contribution is 2.50. The molecule has 17 aromatic carbocycles. The molecule has 0 saturated carbocycles. The quantitative estimate of drug-likeness (QED) is 0.122. The largest absolute Gasteiger partial charge is 0.0616 e. The van der Waals surface area contributed by atoms with Crippen LogP contribution in [0.15, 0.2) is 279 Å². The monoisotopic (exact) mass is 982 g/mol. The summed E-state index contributed by atoms with van der Waals surface area (Å²) in [5.74, 6) is 0. The number of hydrogen-bond donors (Lipinski definition) is 0. The average molecular weight is 983 g/mol. The van der Waals surface area contributed by atoms with Gasteiger partial charge in [0.15, 0.2) is 0 Å². The van der Waals surface area contributed by atoms with Gasteiger partial charge in [-0.25, -0.2) is 0 Å². The van der Waals surface area contributed by atoms with Crippen molar-refractivity contribution in [2.75, 3.05) is 0 Å². The summed E-state index contributed by atoms with van der Waals surface area (Å²) in [6.45, 7) is 0. The average Bonchev–Trinajstić information content (AvgIpc) is 3.70. The van der Waals surface area contributed by atoms with Gasteiger partial charge in [0, 0.05) is 0 Å². The molecule has 358 valence electrons. The third-order valence-corrected chi connectivity index (χ3v) is 17.3. The summed E-state index contributed by atoms with van der Waals surface area (Å²) in [6.07, 6.45) is 0. The molecule has 0 radical (unpaired) electrons. The summed E-state index contributed by atoms with van der Waals surface area (Å²) in [6, 6.07) is 105. The number of rotatable bonds is 4. The van der Waals surface area contributed by atoms with Gasteiger partial charge in [-0.15, -0.1) is 0 Å². The van der Waals surface area contributed by atoms with Gasteiger partial charge in [-0.3, -0.25) is 0 Å². The zero-order chi connectivity index (χ0) is 51.0. The van der Waals surface area contributed by atoms with Crippen LogP contribution in [0.1, 0.15) is 0 Å². The summed E-state index contributed by atoms with van der Waals surface area (Å²) in [5, 5.41) is 30.3. The van der Waals surface area contributed by atoms with Gasteiger partial charge in [0.25, 0.3) is 0 Å². The molecule has 0 bridgehead atoms. The number of fused-ring (bicyclic) bond motifs is 20. The zero-order valence-electron chi connectivity index (χ0n) is 42.6. The first-order chi connectivity index (χ1) is 38.7. The second-order valence-corrected chi connectivity index (χ2v) is 21.4. The van der Waals surface area contributed by atoms with Gasteiger partial charge >= 0.3 is 0 Å². The molecule has 0 aliphatic rings. The van der Waals surface area contributed by atoms with Crippen LogP contribution in [-0.2, 0) is 0 Å². The third-order valence-electron chi connectivity index (χ3n) is 17.3. The smallest absolute Gasteiger partial charge is 0.00199 e. The molecule has 0 heterocycles. The molecular weight excluding hydrogens is 937 g/mol. The first-order valence-corrected chi connectivity index (χ1v) is 27.2. The van der Waals surface area contributed by atoms with Crippen LogP contribution in [0.25, 0.3) is 174 Å². The van der Waals surface area contributed by atoms with E-state index in [4.69, 9.17) is 0 Å². The topological polar surface area (TPSA) is 0 Å². The maximum Gasteiger partial charge on any atom is -0.00199 e. The van der Waals surface area contributed by atoms with Crippen LogP contribution in [-0.4, -0.2) is 0 Å². The normalized spacial score (nSPS) is 12.1. The molecule has 0 unspecified atom stereocenters. The standard InChI is InChI=1S/C78H46/c1-3-19-49-41-53(35-33-47(49)17-1)75-67-39-37-52(70-46-74-60-26-8-6-22-56(60)58-24-10-14-30-64(58)78(74)66-32-16-12-28-62(66)70)44-72(67)76(54-36-34-48-18-2-4-20-50(48)42-54)68-40-38-51(43-71(68)75)69-45-73-59-25-7-5-21-55(59)57-23-9-13-29-63(57)77(73)65-31-15-11-27-61(65)69/h1-46H. The Balaban J connectivity index is 1.01. The number of hydrogen-bond acceptors (Lipinski definition) is 0. The van der Waals surface area contributed by atoms with E-state index in [-0.39, 0.29) is 0 Å². The maximum absolute atomic E-state index is 2.51. The molecule has 0 amide bonds. The maximum atomic E-state index is 2.51. The molecule has 0 nitrogen and oxygen atoms in total. The zero-order valence-corrected chi connectivity index (χ0v) is 42.6. The van der Waals surface area contributed by atoms with Gasteiger partial charge in [0.2, 0.25) is 0 Å². The van der Waals surface area contributed by atoms with Crippen LogP contribution < -0.4 is 0 Å². The lowest BCUT2D eigenvalue weighted by Crippen LogP contribution is -1.94. The van der Waals surface area contributed by atoms with Gasteiger partial charge in [-0.1, -0.05) is 243 Å². The lowest BCUT2D eigenvalue weighted by molar-refractivity contribution is 1.66. The van der Waals surface area contributed by atoms with E-state index in [9.17, 15) is 0 Å². The molecule has 0 heteroatoms. The van der Waals surface area contributed by atoms with E-state index >= 15 is 0 Å². The summed E-state index contributed by atoms with van der Waals surface area (Å²) in [5.41, 5.74) is 9.75. The lowest BCUT2D eigenvalue weighted by atomic mass is 9.82. The summed E-state index contributed by atoms with van der Waals surface area (Å²) < 4.78 is 0. The molecule has 78 heavy (non-hydrogen) atoms. The SMILES string of the molecule is c1ccc2cc(-c3c4ccc(-c5cc6c7ccccc7c7ccccc7c6c6ccccc56)cc4c(-c4ccc5ccccc5c4)c4ccc(-c5cc6c7ccccc7c7ccccc7c6c6ccccc56)cc34)ccc2c1. The predicted octanol–water partition coefficient (Wildman–Crippen LogP) is 22.2. The highest BCUT2D eigenvalue weighted by atomic mass is 14.3. The van der Waals surface area contributed by atoms with E-state index in [1.165, 1.54) is 174 Å². The van der Waals surface area contributed by atoms with Crippen LogP contribution in [0.5, 0.6) is 0 Å². The first-order valence-electron chi connectivity index (χ1n) is 27.2. The minimum absolute atomic E-state index is 1.20. The Labute approximate surface area is 450 Å². The summed E-state index contributed by atoms with van der Waals surface area (Å²) in [7, 11) is 0. The van der Waals surface area contributed by atoms with Crippen molar-refractivity contribution >= 4 is 129 Å². The van der Waals surface area contributed by atoms with Crippen molar-refractivity contribution in [1.29, 1.82) is 0 Å². The van der Waals surface area contributed by atoms with Crippen LogP contribution >= 0.6 is 0 Å². The third kappa shape index (κ3) is 6.29. The number of benzene rings is 17. The van der Waals surface area contributed by atoms with Crippen LogP contribution in [0.2, 0.25) is 0 Å². The molecule has 0 aliphatic heterocycles. The van der Waals surface area contributed by atoms with Crippen LogP contribution in [0.3, 0.4) is 0 Å². The Morgan fingerprint density at radius 1 is 0.141 bits per heavy atom. The van der Waals surface area contributed by atoms with Crippen molar-refractivity contribution in [3.8, 4) is 44.5 Å². The van der Waals surface area contributed by atoms with Gasteiger partial charge in [0.05, 0.1) is 0 Å². The molecule has 0 spiro atoms. The molecule has 17 aromatic rings. The Bertz CT molecular complexity index is 5100. The van der Waals surface area contributed by atoms with E-state index in [1.807, 2.05) is 0 Å². The molecule has 0 saturated heterocycles. The second kappa shape index (κ2) is 16.7. The van der Waals surface area contributed by atoms with E-state index in [1.54, 1.807) is 0 Å². The van der Waals surface area contributed by atoms with Crippen LogP contribution in [0.4, 0.5) is 0 Å². The van der Waals surface area contributed by atoms with Crippen LogP contribution in [0, 0.1) is 0 Å². The van der Waals surface area contributed by atoms with E-state index in [2.05, 4.69) is 279 Å². The Hall–Kier alpha value is -10.1. The fourth-order valence-corrected chi connectivity index (χ4v) is 13.9. The molecule has 17 rings (SSSR count). The fraction of sp³-hybridized carbons (Fsp3) is 0. The van der Waals surface area contributed by atoms with Crippen molar-refractivity contribution in [3.63, 3.8) is 0 Å². The minimum atomic E-state index is 1.20. The van der Waals surface area contributed by atoms with E-state index in [0.29, 0.717) is 0 Å². The van der Waals surface area contributed by atoms with Crippen molar-refractivity contribution in [1.82, 2.24) is 0 Å². The molecular formula is C78H46. The van der Waals surface area contributed by atoms with Crippen molar-refractivity contribution in [3.05, 3.63) is 279 Å². The molecule has 0 fully saturated rings. The minimum Gasteiger partial charge on any atom is -0.0616 e. The highest BCUT2D eigenvalue weighted by molar-refractivity contribution is 6.35. The highest BCUT2D eigenvalue weighted by Gasteiger charge is 2.23.